The molecule has 0 aliphatic heterocycles. The largest absolute Gasteiger partial charge is 0.381 e. The molecule has 2 atom stereocenters. The van der Waals surface area contributed by atoms with Crippen molar-refractivity contribution in [2.24, 2.45) is 5.92 Å². The Morgan fingerprint density at radius 3 is 2.71 bits per heavy atom. The molecule has 1 N–H and O–H groups in total. The summed E-state index contributed by atoms with van der Waals surface area (Å²) in [4.78, 5) is 4.33. The number of hydrogen-bond donors (Lipinski definition) is 1. The van der Waals surface area contributed by atoms with Crippen molar-refractivity contribution >= 4 is 17.4 Å². The van der Waals surface area contributed by atoms with Gasteiger partial charge in [0, 0.05) is 6.04 Å². The number of nitrogens with one attached hydrogen (secondary N) is 1. The first-order chi connectivity index (χ1) is 6.79. The van der Waals surface area contributed by atoms with E-state index in [9.17, 15) is 0 Å². The summed E-state index contributed by atoms with van der Waals surface area (Å²) in [5.74, 6) is 0.815. The van der Waals surface area contributed by atoms with Gasteiger partial charge < -0.3 is 5.32 Å². The van der Waals surface area contributed by atoms with E-state index in [4.69, 9.17) is 0 Å². The molecule has 1 saturated carbocycles. The molecular weight excluding hydrogens is 192 g/mol. The number of thioether (sulfide) groups is 1. The molecule has 76 valence electrons. The van der Waals surface area contributed by atoms with E-state index >= 15 is 0 Å². The van der Waals surface area contributed by atoms with Gasteiger partial charge in [-0.25, -0.2) is 4.98 Å². The third-order valence-corrected chi connectivity index (χ3v) is 3.58. The van der Waals surface area contributed by atoms with Crippen LogP contribution < -0.4 is 5.32 Å². The van der Waals surface area contributed by atoms with Gasteiger partial charge in [-0.3, -0.25) is 0 Å². The van der Waals surface area contributed by atoms with Gasteiger partial charge in [0.05, 0.1) is 16.9 Å². The lowest BCUT2D eigenvalue weighted by Gasteiger charge is -2.35. The molecule has 1 aliphatic carbocycles. The van der Waals surface area contributed by atoms with Crippen LogP contribution in [0.1, 0.15) is 19.8 Å². The standard InChI is InChI=1S/C11H16N2S/c1-8-3-5-10(8)13-9-4-6-11(14-2)12-7-9/h4,6-8,10,13H,3,5H2,1-2H3. The van der Waals surface area contributed by atoms with Crippen LogP contribution in [0.4, 0.5) is 5.69 Å². The predicted molar refractivity (Wildman–Crippen MR) is 61.8 cm³/mol. The molecule has 0 bridgehead atoms. The van der Waals surface area contributed by atoms with E-state index < -0.39 is 0 Å². The van der Waals surface area contributed by atoms with Gasteiger partial charge in [-0.05, 0) is 37.1 Å². The van der Waals surface area contributed by atoms with Crippen molar-refractivity contribution < 1.29 is 0 Å². The Balaban J connectivity index is 1.96. The number of pyridine rings is 1. The van der Waals surface area contributed by atoms with Gasteiger partial charge in [0.15, 0.2) is 0 Å². The Bertz CT molecular complexity index is 297. The smallest absolute Gasteiger partial charge is 0.0958 e. The van der Waals surface area contributed by atoms with E-state index in [-0.39, 0.29) is 0 Å². The summed E-state index contributed by atoms with van der Waals surface area (Å²) in [6.45, 7) is 2.30. The van der Waals surface area contributed by atoms with Crippen LogP contribution in [0, 0.1) is 5.92 Å². The van der Waals surface area contributed by atoms with Gasteiger partial charge in [-0.15, -0.1) is 11.8 Å². The first-order valence-electron chi connectivity index (χ1n) is 5.06. The van der Waals surface area contributed by atoms with E-state index in [0.717, 1.165) is 16.6 Å². The van der Waals surface area contributed by atoms with E-state index in [1.165, 1.54) is 12.8 Å². The van der Waals surface area contributed by atoms with Crippen molar-refractivity contribution in [1.82, 2.24) is 4.98 Å². The Hall–Kier alpha value is -0.700. The lowest BCUT2D eigenvalue weighted by atomic mass is 9.81. The molecule has 2 unspecified atom stereocenters. The monoisotopic (exact) mass is 208 g/mol. The molecule has 0 saturated heterocycles. The van der Waals surface area contributed by atoms with Crippen molar-refractivity contribution in [3.05, 3.63) is 18.3 Å². The van der Waals surface area contributed by atoms with Gasteiger partial charge in [0.25, 0.3) is 0 Å². The molecular formula is C11H16N2S. The highest BCUT2D eigenvalue weighted by atomic mass is 32.2. The van der Waals surface area contributed by atoms with Crippen LogP contribution in [0.25, 0.3) is 0 Å². The highest BCUT2D eigenvalue weighted by molar-refractivity contribution is 7.98. The van der Waals surface area contributed by atoms with Crippen molar-refractivity contribution in [3.8, 4) is 0 Å². The maximum atomic E-state index is 4.33. The zero-order valence-corrected chi connectivity index (χ0v) is 9.47. The van der Waals surface area contributed by atoms with Crippen LogP contribution in [0.5, 0.6) is 0 Å². The Labute approximate surface area is 89.5 Å². The lowest BCUT2D eigenvalue weighted by molar-refractivity contribution is 0.303. The second-order valence-corrected chi connectivity index (χ2v) is 4.72. The van der Waals surface area contributed by atoms with Crippen molar-refractivity contribution in [2.45, 2.75) is 30.8 Å². The highest BCUT2D eigenvalue weighted by Crippen LogP contribution is 2.29. The summed E-state index contributed by atoms with van der Waals surface area (Å²) in [6, 6.07) is 4.84. The zero-order chi connectivity index (χ0) is 9.97. The summed E-state index contributed by atoms with van der Waals surface area (Å²) < 4.78 is 0. The first kappa shape index (κ1) is 9.84. The molecule has 3 heteroatoms. The van der Waals surface area contributed by atoms with Gasteiger partial charge in [-0.1, -0.05) is 6.92 Å². The van der Waals surface area contributed by atoms with Gasteiger partial charge in [0.2, 0.25) is 0 Å². The van der Waals surface area contributed by atoms with Crippen molar-refractivity contribution in [1.29, 1.82) is 0 Å². The molecule has 0 amide bonds. The number of hydrogen-bond acceptors (Lipinski definition) is 3. The van der Waals surface area contributed by atoms with Crippen LogP contribution in [0.3, 0.4) is 0 Å². The third-order valence-electron chi connectivity index (χ3n) is 2.92. The number of nitrogens with zero attached hydrogens (tertiary/aromatic N) is 1. The summed E-state index contributed by atoms with van der Waals surface area (Å²) in [7, 11) is 0. The van der Waals surface area contributed by atoms with Crippen molar-refractivity contribution in [2.75, 3.05) is 11.6 Å². The Morgan fingerprint density at radius 1 is 1.43 bits per heavy atom. The average molecular weight is 208 g/mol. The van der Waals surface area contributed by atoms with Gasteiger partial charge in [0.1, 0.15) is 0 Å². The maximum Gasteiger partial charge on any atom is 0.0958 e. The van der Waals surface area contributed by atoms with Crippen LogP contribution in [-0.2, 0) is 0 Å². The van der Waals surface area contributed by atoms with Crippen molar-refractivity contribution in [3.63, 3.8) is 0 Å². The molecule has 2 rings (SSSR count). The lowest BCUT2D eigenvalue weighted by Crippen LogP contribution is -2.36. The Morgan fingerprint density at radius 2 is 2.29 bits per heavy atom. The fraction of sp³-hybridized carbons (Fsp3) is 0.545. The molecule has 0 radical (unpaired) electrons. The van der Waals surface area contributed by atoms with Gasteiger partial charge >= 0.3 is 0 Å². The average Bonchev–Trinajstić information content (AvgIpc) is 2.24. The first-order valence-corrected chi connectivity index (χ1v) is 6.28. The van der Waals surface area contributed by atoms with E-state index in [0.29, 0.717) is 6.04 Å². The van der Waals surface area contributed by atoms with Crippen LogP contribution >= 0.6 is 11.8 Å². The summed E-state index contributed by atoms with van der Waals surface area (Å²) in [5, 5.41) is 4.59. The highest BCUT2D eigenvalue weighted by Gasteiger charge is 2.26. The molecule has 0 aromatic carbocycles. The summed E-state index contributed by atoms with van der Waals surface area (Å²) >= 11 is 1.68. The molecule has 1 aromatic rings. The fourth-order valence-electron chi connectivity index (χ4n) is 1.68. The molecule has 1 aliphatic rings. The minimum Gasteiger partial charge on any atom is -0.381 e. The number of rotatable bonds is 3. The molecule has 1 aromatic heterocycles. The van der Waals surface area contributed by atoms with E-state index in [2.05, 4.69) is 29.4 Å². The Kier molecular flexibility index (Phi) is 2.96. The molecule has 0 spiro atoms. The van der Waals surface area contributed by atoms with E-state index in [1.54, 1.807) is 11.8 Å². The summed E-state index contributed by atoms with van der Waals surface area (Å²) in [5.41, 5.74) is 1.15. The SMILES string of the molecule is CSc1ccc(NC2CCC2C)cn1. The molecule has 1 heterocycles. The number of anilines is 1. The molecule has 14 heavy (non-hydrogen) atoms. The number of aromatic nitrogens is 1. The zero-order valence-electron chi connectivity index (χ0n) is 8.66. The van der Waals surface area contributed by atoms with Crippen LogP contribution in [0.15, 0.2) is 23.4 Å². The molecule has 1 fully saturated rings. The quantitative estimate of drug-likeness (QED) is 0.773. The second-order valence-electron chi connectivity index (χ2n) is 3.89. The summed E-state index contributed by atoms with van der Waals surface area (Å²) in [6.07, 6.45) is 6.62. The topological polar surface area (TPSA) is 24.9 Å². The maximum absolute atomic E-state index is 4.33. The van der Waals surface area contributed by atoms with Crippen LogP contribution in [-0.4, -0.2) is 17.3 Å². The fourth-order valence-corrected chi connectivity index (χ4v) is 2.04. The predicted octanol–water partition coefficient (Wildman–Crippen LogP) is 3.01. The third kappa shape index (κ3) is 2.03. The van der Waals surface area contributed by atoms with E-state index in [1.807, 2.05) is 12.5 Å². The normalized spacial score (nSPS) is 25.6. The second kappa shape index (κ2) is 4.22. The molecule has 2 nitrogen and oxygen atoms in total. The minimum atomic E-state index is 0.664. The van der Waals surface area contributed by atoms with Gasteiger partial charge in [-0.2, -0.15) is 0 Å². The van der Waals surface area contributed by atoms with Crippen LogP contribution in [0.2, 0.25) is 0 Å². The minimum absolute atomic E-state index is 0.664.